The van der Waals surface area contributed by atoms with Gasteiger partial charge in [-0.1, -0.05) is 0 Å². The molecule has 1 unspecified atom stereocenters. The predicted octanol–water partition coefficient (Wildman–Crippen LogP) is -0.459. The molecule has 0 spiro atoms. The second-order valence-corrected chi connectivity index (χ2v) is 3.55. The summed E-state index contributed by atoms with van der Waals surface area (Å²) < 4.78 is 57.2. The van der Waals surface area contributed by atoms with Gasteiger partial charge in [0.1, 0.15) is 10.6 Å². The first-order chi connectivity index (χ1) is 6.73. The molecule has 1 rings (SSSR count). The maximum Gasteiger partial charge on any atom is 0.430 e. The third-order valence-corrected chi connectivity index (χ3v) is 2.35. The van der Waals surface area contributed by atoms with E-state index in [2.05, 4.69) is 0 Å². The molecule has 0 bridgehead atoms. The van der Waals surface area contributed by atoms with Crippen LogP contribution in [0.2, 0.25) is 0 Å². The van der Waals surface area contributed by atoms with Gasteiger partial charge in [0.05, 0.1) is 0 Å². The van der Waals surface area contributed by atoms with Gasteiger partial charge < -0.3 is 10.4 Å². The number of allylic oxidation sites excluding steroid dienone is 1. The molecule has 2 N–H and O–H groups in total. The van der Waals surface area contributed by atoms with Gasteiger partial charge in [-0.05, 0) is 6.08 Å². The Morgan fingerprint density at radius 1 is 1.47 bits per heavy atom. The Kier molecular flexibility index (Phi) is 2.75. The number of nitrogens with one attached hydrogen (secondary N) is 1. The van der Waals surface area contributed by atoms with Crippen LogP contribution in [-0.2, 0) is 15.1 Å². The Labute approximate surface area is 82.7 Å². The minimum absolute atomic E-state index is 0.266. The standard InChI is InChI=1S/C6H4F3NO4S/c7-6(8,9)3-1-2(15(13)14)4(10-3)5(11)12/h1,4,10H,(H,11,12). The SMILES string of the molecule is O=C(O)C1NC(C(F)(F)F)=CC1=S(=O)=O. The summed E-state index contributed by atoms with van der Waals surface area (Å²) in [5, 5.41) is 10.0. The highest BCUT2D eigenvalue weighted by Crippen LogP contribution is 2.26. The van der Waals surface area contributed by atoms with Crippen molar-refractivity contribution in [1.29, 1.82) is 0 Å². The second-order valence-electron chi connectivity index (χ2n) is 2.61. The molecule has 1 aliphatic heterocycles. The van der Waals surface area contributed by atoms with Crippen LogP contribution in [0.5, 0.6) is 0 Å². The number of hydrogen-bond donors (Lipinski definition) is 2. The highest BCUT2D eigenvalue weighted by molar-refractivity contribution is 7.73. The number of carboxylic acids is 1. The Balaban J connectivity index is 3.21. The first-order valence-corrected chi connectivity index (χ1v) is 4.55. The lowest BCUT2D eigenvalue weighted by molar-refractivity contribution is -0.137. The molecule has 1 heterocycles. The molecule has 0 aliphatic carbocycles. The lowest BCUT2D eigenvalue weighted by Gasteiger charge is -2.10. The summed E-state index contributed by atoms with van der Waals surface area (Å²) in [5.41, 5.74) is -1.38. The summed E-state index contributed by atoms with van der Waals surface area (Å²) >= 11 is 0. The number of carboxylic acid groups (broad SMARTS) is 1. The van der Waals surface area contributed by atoms with Crippen LogP contribution in [0, 0.1) is 0 Å². The average molecular weight is 243 g/mol. The van der Waals surface area contributed by atoms with Gasteiger partial charge in [0.15, 0.2) is 6.04 Å². The normalized spacial score (nSPS) is 20.9. The number of carbonyl (C=O) groups is 1. The van der Waals surface area contributed by atoms with Crippen molar-refractivity contribution in [3.63, 3.8) is 0 Å². The monoisotopic (exact) mass is 243 g/mol. The number of alkyl halides is 3. The molecule has 5 nitrogen and oxygen atoms in total. The van der Waals surface area contributed by atoms with Gasteiger partial charge in [-0.25, -0.2) is 4.79 Å². The van der Waals surface area contributed by atoms with E-state index in [0.29, 0.717) is 0 Å². The van der Waals surface area contributed by atoms with Gasteiger partial charge in [-0.2, -0.15) is 21.6 Å². The molecule has 0 radical (unpaired) electrons. The van der Waals surface area contributed by atoms with Gasteiger partial charge in [0.2, 0.25) is 10.3 Å². The molecule has 0 aromatic carbocycles. The fourth-order valence-electron chi connectivity index (χ4n) is 0.985. The third-order valence-electron chi connectivity index (χ3n) is 1.62. The zero-order chi connectivity index (χ0) is 11.8. The first kappa shape index (κ1) is 11.6. The molecule has 0 fully saturated rings. The largest absolute Gasteiger partial charge is 0.479 e. The van der Waals surface area contributed by atoms with E-state index < -0.39 is 39.0 Å². The molecule has 1 aliphatic rings. The van der Waals surface area contributed by atoms with Crippen molar-refractivity contribution in [3.8, 4) is 0 Å². The molecule has 9 heteroatoms. The van der Waals surface area contributed by atoms with E-state index >= 15 is 0 Å². The number of halogens is 3. The zero-order valence-electron chi connectivity index (χ0n) is 6.87. The van der Waals surface area contributed by atoms with Crippen LogP contribution in [0.3, 0.4) is 0 Å². The van der Waals surface area contributed by atoms with Crippen LogP contribution in [-0.4, -0.2) is 36.6 Å². The van der Waals surface area contributed by atoms with E-state index in [-0.39, 0.29) is 6.08 Å². The summed E-state index contributed by atoms with van der Waals surface area (Å²) in [5.74, 6) is -1.69. The maximum atomic E-state index is 12.1. The number of rotatable bonds is 1. The van der Waals surface area contributed by atoms with Crippen LogP contribution in [0.25, 0.3) is 0 Å². The molecule has 15 heavy (non-hydrogen) atoms. The van der Waals surface area contributed by atoms with Crippen molar-refractivity contribution < 1.29 is 31.5 Å². The molecule has 0 aromatic rings. The van der Waals surface area contributed by atoms with Crippen LogP contribution in [0.1, 0.15) is 0 Å². The summed E-state index contributed by atoms with van der Waals surface area (Å²) in [6, 6.07) is -1.88. The van der Waals surface area contributed by atoms with Crippen LogP contribution < -0.4 is 5.32 Å². The number of hydrogen-bond acceptors (Lipinski definition) is 4. The van der Waals surface area contributed by atoms with E-state index in [1.807, 2.05) is 0 Å². The first-order valence-electron chi connectivity index (χ1n) is 3.48. The van der Waals surface area contributed by atoms with Crippen molar-refractivity contribution in [1.82, 2.24) is 5.32 Å². The lowest BCUT2D eigenvalue weighted by Crippen LogP contribution is -2.39. The van der Waals surface area contributed by atoms with Crippen molar-refractivity contribution in [2.45, 2.75) is 12.2 Å². The van der Waals surface area contributed by atoms with Gasteiger partial charge in [0, 0.05) is 0 Å². The van der Waals surface area contributed by atoms with E-state index in [4.69, 9.17) is 5.11 Å². The molecular weight excluding hydrogens is 239 g/mol. The Morgan fingerprint density at radius 2 is 2.00 bits per heavy atom. The summed E-state index contributed by atoms with van der Waals surface area (Å²) in [6.07, 6.45) is -4.53. The Bertz CT molecular complexity index is 453. The van der Waals surface area contributed by atoms with Crippen molar-refractivity contribution in [2.24, 2.45) is 0 Å². The topological polar surface area (TPSA) is 83.5 Å². The Hall–Kier alpha value is -1.51. The van der Waals surface area contributed by atoms with Crippen LogP contribution in [0.4, 0.5) is 13.2 Å². The van der Waals surface area contributed by atoms with Crippen molar-refractivity contribution >= 4 is 21.1 Å². The molecule has 1 atom stereocenters. The predicted molar refractivity (Wildman–Crippen MR) is 42.6 cm³/mol. The molecule has 0 saturated heterocycles. The molecule has 0 saturated carbocycles. The van der Waals surface area contributed by atoms with E-state index in [0.717, 1.165) is 0 Å². The minimum atomic E-state index is -4.80. The summed E-state index contributed by atoms with van der Waals surface area (Å²) in [4.78, 5) is 9.59. The van der Waals surface area contributed by atoms with Gasteiger partial charge >= 0.3 is 12.1 Å². The van der Waals surface area contributed by atoms with Crippen LogP contribution in [0.15, 0.2) is 11.8 Å². The number of aliphatic carboxylic acids is 1. The fraction of sp³-hybridized carbons (Fsp3) is 0.333. The highest BCUT2D eigenvalue weighted by Gasteiger charge is 2.42. The van der Waals surface area contributed by atoms with Crippen LogP contribution >= 0.6 is 0 Å². The quantitative estimate of drug-likeness (QED) is 0.609. The maximum absolute atomic E-state index is 12.1. The zero-order valence-corrected chi connectivity index (χ0v) is 7.69. The smallest absolute Gasteiger partial charge is 0.430 e. The molecule has 0 amide bonds. The summed E-state index contributed by atoms with van der Waals surface area (Å²) in [7, 11) is -3.00. The fourth-order valence-corrected chi connectivity index (χ4v) is 1.55. The molecule has 84 valence electrons. The van der Waals surface area contributed by atoms with E-state index in [1.165, 1.54) is 0 Å². The van der Waals surface area contributed by atoms with Gasteiger partial charge in [-0.15, -0.1) is 0 Å². The van der Waals surface area contributed by atoms with Crippen molar-refractivity contribution in [3.05, 3.63) is 11.8 Å². The molecule has 0 aromatic heterocycles. The third kappa shape index (κ3) is 2.29. The molecular formula is C6H4F3NO4S. The van der Waals surface area contributed by atoms with Gasteiger partial charge in [0.25, 0.3) is 0 Å². The average Bonchev–Trinajstić information content (AvgIpc) is 2.45. The summed E-state index contributed by atoms with van der Waals surface area (Å²) in [6.45, 7) is 0. The van der Waals surface area contributed by atoms with E-state index in [1.54, 1.807) is 5.32 Å². The van der Waals surface area contributed by atoms with Gasteiger partial charge in [-0.3, -0.25) is 0 Å². The highest BCUT2D eigenvalue weighted by atomic mass is 32.2. The second kappa shape index (κ2) is 3.57. The lowest BCUT2D eigenvalue weighted by atomic mass is 10.2. The van der Waals surface area contributed by atoms with Crippen molar-refractivity contribution in [2.75, 3.05) is 0 Å². The minimum Gasteiger partial charge on any atom is -0.479 e. The van der Waals surface area contributed by atoms with E-state index in [9.17, 15) is 26.4 Å². The Morgan fingerprint density at radius 3 is 2.27 bits per heavy atom.